The number of pyridine rings is 1. The first-order valence-corrected chi connectivity index (χ1v) is 15.6. The lowest BCUT2D eigenvalue weighted by Gasteiger charge is -2.12. The monoisotopic (exact) mass is 602 g/mol. The fourth-order valence-electron chi connectivity index (χ4n) is 6.29. The standard InChI is InChI=1S/C42H26N4O/c1-3-12-27(13-4-1)28-22-24-30(25-23-28)40-44-39(29-14-5-2-6-15-29)45-41(46-40)32-17-11-16-31(26-32)37-33-18-7-9-20-35(33)43-42-38(37)34-19-8-10-21-36(34)47-42/h1-26H. The zero-order chi connectivity index (χ0) is 31.2. The van der Waals surface area contributed by atoms with E-state index in [1.165, 1.54) is 5.56 Å². The number of furan rings is 1. The van der Waals surface area contributed by atoms with E-state index < -0.39 is 0 Å². The van der Waals surface area contributed by atoms with Crippen molar-refractivity contribution in [2.45, 2.75) is 0 Å². The van der Waals surface area contributed by atoms with E-state index in [9.17, 15) is 0 Å². The highest BCUT2D eigenvalue weighted by molar-refractivity contribution is 6.18. The van der Waals surface area contributed by atoms with Gasteiger partial charge in [0.2, 0.25) is 5.71 Å². The highest BCUT2D eigenvalue weighted by Gasteiger charge is 2.19. The lowest BCUT2D eigenvalue weighted by Crippen LogP contribution is -2.00. The van der Waals surface area contributed by atoms with Crippen LogP contribution in [0.25, 0.3) is 89.4 Å². The van der Waals surface area contributed by atoms with Gasteiger partial charge in [-0.2, -0.15) is 0 Å². The SMILES string of the molecule is c1ccc(-c2ccc(-c3nc(-c4ccccc4)nc(-c4cccc(-c5c6ccccc6nc6oc7ccccc7c56)c4)n3)cc2)cc1. The topological polar surface area (TPSA) is 64.7 Å². The first kappa shape index (κ1) is 26.9. The van der Waals surface area contributed by atoms with Crippen molar-refractivity contribution in [1.29, 1.82) is 0 Å². The average molecular weight is 603 g/mol. The molecule has 9 rings (SSSR count). The molecule has 9 aromatic rings. The van der Waals surface area contributed by atoms with Gasteiger partial charge in [-0.05, 0) is 34.9 Å². The lowest BCUT2D eigenvalue weighted by atomic mass is 9.95. The van der Waals surface area contributed by atoms with E-state index in [1.54, 1.807) is 0 Å². The number of benzene rings is 6. The van der Waals surface area contributed by atoms with Crippen LogP contribution in [-0.4, -0.2) is 19.9 Å². The van der Waals surface area contributed by atoms with Crippen molar-refractivity contribution in [2.24, 2.45) is 0 Å². The molecular formula is C42H26N4O. The molecule has 0 radical (unpaired) electrons. The molecule has 0 atom stereocenters. The number of nitrogens with zero attached hydrogens (tertiary/aromatic N) is 4. The van der Waals surface area contributed by atoms with E-state index in [0.717, 1.165) is 60.6 Å². The van der Waals surface area contributed by atoms with Gasteiger partial charge in [0.25, 0.3) is 0 Å². The summed E-state index contributed by atoms with van der Waals surface area (Å²) in [5.74, 6) is 1.85. The third-order valence-corrected chi connectivity index (χ3v) is 8.55. The quantitative estimate of drug-likeness (QED) is 0.196. The van der Waals surface area contributed by atoms with Gasteiger partial charge >= 0.3 is 0 Å². The third kappa shape index (κ3) is 4.82. The van der Waals surface area contributed by atoms with Crippen molar-refractivity contribution in [3.05, 3.63) is 158 Å². The highest BCUT2D eigenvalue weighted by atomic mass is 16.3. The van der Waals surface area contributed by atoms with Gasteiger partial charge in [-0.15, -0.1) is 0 Å². The minimum absolute atomic E-state index is 0.606. The lowest BCUT2D eigenvalue weighted by molar-refractivity contribution is 0.656. The Kier molecular flexibility index (Phi) is 6.39. The second kappa shape index (κ2) is 11.2. The van der Waals surface area contributed by atoms with Crippen molar-refractivity contribution in [3.8, 4) is 56.4 Å². The number of rotatable bonds is 5. The van der Waals surface area contributed by atoms with E-state index in [1.807, 2.05) is 66.7 Å². The molecule has 3 heterocycles. The summed E-state index contributed by atoms with van der Waals surface area (Å²) in [5.41, 5.74) is 9.49. The maximum atomic E-state index is 6.26. The van der Waals surface area contributed by atoms with Gasteiger partial charge < -0.3 is 4.42 Å². The van der Waals surface area contributed by atoms with Crippen LogP contribution in [0.3, 0.4) is 0 Å². The summed E-state index contributed by atoms with van der Waals surface area (Å²) in [5, 5.41) is 3.09. The predicted molar refractivity (Wildman–Crippen MR) is 190 cm³/mol. The summed E-state index contributed by atoms with van der Waals surface area (Å²) in [7, 11) is 0. The molecule has 0 saturated heterocycles. The van der Waals surface area contributed by atoms with Crippen LogP contribution in [0.15, 0.2) is 162 Å². The molecule has 47 heavy (non-hydrogen) atoms. The molecule has 5 nitrogen and oxygen atoms in total. The van der Waals surface area contributed by atoms with E-state index in [-0.39, 0.29) is 0 Å². The second-order valence-electron chi connectivity index (χ2n) is 11.5. The maximum Gasteiger partial charge on any atom is 0.228 e. The molecule has 0 saturated carbocycles. The molecule has 0 bridgehead atoms. The molecule has 0 unspecified atom stereocenters. The molecular weight excluding hydrogens is 576 g/mol. The Morgan fingerprint density at radius 1 is 0.362 bits per heavy atom. The summed E-state index contributed by atoms with van der Waals surface area (Å²) < 4.78 is 6.26. The van der Waals surface area contributed by atoms with Crippen LogP contribution in [0.5, 0.6) is 0 Å². The molecule has 0 N–H and O–H groups in total. The van der Waals surface area contributed by atoms with Crippen LogP contribution >= 0.6 is 0 Å². The fourth-order valence-corrected chi connectivity index (χ4v) is 6.29. The molecule has 0 fully saturated rings. The highest BCUT2D eigenvalue weighted by Crippen LogP contribution is 2.41. The van der Waals surface area contributed by atoms with Crippen LogP contribution in [0, 0.1) is 0 Å². The average Bonchev–Trinajstić information content (AvgIpc) is 3.52. The number of fused-ring (bicyclic) bond motifs is 4. The molecule has 0 aliphatic heterocycles. The Morgan fingerprint density at radius 2 is 0.872 bits per heavy atom. The number of para-hydroxylation sites is 2. The summed E-state index contributed by atoms with van der Waals surface area (Å²) in [6.45, 7) is 0. The van der Waals surface area contributed by atoms with E-state index in [2.05, 4.69) is 91.0 Å². The first-order chi connectivity index (χ1) is 23.3. The first-order valence-electron chi connectivity index (χ1n) is 15.6. The van der Waals surface area contributed by atoms with Crippen LogP contribution < -0.4 is 0 Å². The predicted octanol–water partition coefficient (Wildman–Crippen LogP) is 10.7. The van der Waals surface area contributed by atoms with Crippen molar-refractivity contribution in [3.63, 3.8) is 0 Å². The van der Waals surface area contributed by atoms with Gasteiger partial charge in [-0.25, -0.2) is 19.9 Å². The summed E-state index contributed by atoms with van der Waals surface area (Å²) in [6.07, 6.45) is 0. The molecule has 0 aliphatic carbocycles. The summed E-state index contributed by atoms with van der Waals surface area (Å²) in [4.78, 5) is 19.9. The second-order valence-corrected chi connectivity index (χ2v) is 11.5. The number of hydrogen-bond acceptors (Lipinski definition) is 5. The van der Waals surface area contributed by atoms with Crippen molar-refractivity contribution < 1.29 is 4.42 Å². The molecule has 3 aromatic heterocycles. The Hall–Kier alpha value is -6.46. The van der Waals surface area contributed by atoms with Crippen LogP contribution in [-0.2, 0) is 0 Å². The third-order valence-electron chi connectivity index (χ3n) is 8.55. The Bertz CT molecular complexity index is 2560. The Labute approximate surface area is 270 Å². The van der Waals surface area contributed by atoms with Crippen molar-refractivity contribution >= 4 is 33.0 Å². The zero-order valence-electron chi connectivity index (χ0n) is 25.2. The molecule has 0 spiro atoms. The van der Waals surface area contributed by atoms with Gasteiger partial charge in [-0.1, -0.05) is 140 Å². The smallest absolute Gasteiger partial charge is 0.228 e. The largest absolute Gasteiger partial charge is 0.438 e. The minimum atomic E-state index is 0.606. The molecule has 5 heteroatoms. The molecule has 0 aliphatic rings. The van der Waals surface area contributed by atoms with Gasteiger partial charge in [0.15, 0.2) is 17.5 Å². The zero-order valence-corrected chi connectivity index (χ0v) is 25.2. The van der Waals surface area contributed by atoms with Gasteiger partial charge in [0.1, 0.15) is 5.58 Å². The molecule has 6 aromatic carbocycles. The number of aromatic nitrogens is 4. The Morgan fingerprint density at radius 3 is 1.62 bits per heavy atom. The molecule has 0 amide bonds. The van der Waals surface area contributed by atoms with Gasteiger partial charge in [-0.3, -0.25) is 0 Å². The van der Waals surface area contributed by atoms with Crippen molar-refractivity contribution in [1.82, 2.24) is 19.9 Å². The normalized spacial score (nSPS) is 11.4. The fraction of sp³-hybridized carbons (Fsp3) is 0. The van der Waals surface area contributed by atoms with E-state index in [0.29, 0.717) is 23.2 Å². The van der Waals surface area contributed by atoms with E-state index in [4.69, 9.17) is 24.4 Å². The van der Waals surface area contributed by atoms with Crippen molar-refractivity contribution in [2.75, 3.05) is 0 Å². The number of hydrogen-bond donors (Lipinski definition) is 0. The maximum absolute atomic E-state index is 6.26. The summed E-state index contributed by atoms with van der Waals surface area (Å²) >= 11 is 0. The van der Waals surface area contributed by atoms with Crippen LogP contribution in [0.4, 0.5) is 0 Å². The van der Waals surface area contributed by atoms with Crippen LogP contribution in [0.1, 0.15) is 0 Å². The van der Waals surface area contributed by atoms with E-state index >= 15 is 0 Å². The molecule has 220 valence electrons. The summed E-state index contributed by atoms with van der Waals surface area (Å²) in [6, 6.07) is 53.6. The Balaban J connectivity index is 1.23. The van der Waals surface area contributed by atoms with Crippen LogP contribution in [0.2, 0.25) is 0 Å². The minimum Gasteiger partial charge on any atom is -0.438 e. The van der Waals surface area contributed by atoms with Gasteiger partial charge in [0.05, 0.1) is 10.9 Å². The van der Waals surface area contributed by atoms with Gasteiger partial charge in [0, 0.05) is 33.0 Å².